The summed E-state index contributed by atoms with van der Waals surface area (Å²) in [5.41, 5.74) is 2.52. The number of aromatic carboxylic acids is 1. The van der Waals surface area contributed by atoms with Crippen LogP contribution in [0.15, 0.2) is 36.5 Å². The monoisotopic (exact) mass is 312 g/mol. The molecule has 0 radical (unpaired) electrons. The van der Waals surface area contributed by atoms with E-state index >= 15 is 0 Å². The first-order valence-electron chi connectivity index (χ1n) is 7.26. The minimum Gasteiger partial charge on any atom is -0.480 e. The molecule has 2 aromatic rings. The summed E-state index contributed by atoms with van der Waals surface area (Å²) in [4.78, 5) is 27.6. The van der Waals surface area contributed by atoms with E-state index in [-0.39, 0.29) is 23.4 Å². The fourth-order valence-electron chi connectivity index (χ4n) is 2.85. The maximum atomic E-state index is 12.5. The van der Waals surface area contributed by atoms with E-state index in [4.69, 9.17) is 9.84 Å². The van der Waals surface area contributed by atoms with Crippen molar-refractivity contribution in [2.45, 2.75) is 18.9 Å². The number of hydrogen-bond acceptors (Lipinski definition) is 4. The molecule has 1 atom stereocenters. The van der Waals surface area contributed by atoms with E-state index < -0.39 is 5.97 Å². The van der Waals surface area contributed by atoms with Gasteiger partial charge in [-0.15, -0.1) is 0 Å². The van der Waals surface area contributed by atoms with Crippen molar-refractivity contribution in [1.29, 1.82) is 0 Å². The van der Waals surface area contributed by atoms with E-state index in [2.05, 4.69) is 10.3 Å². The second-order valence-corrected chi connectivity index (χ2v) is 5.34. The van der Waals surface area contributed by atoms with Crippen LogP contribution < -0.4 is 10.1 Å². The van der Waals surface area contributed by atoms with Gasteiger partial charge in [-0.3, -0.25) is 4.79 Å². The van der Waals surface area contributed by atoms with E-state index in [1.165, 1.54) is 7.11 Å². The highest BCUT2D eigenvalue weighted by atomic mass is 16.5. The third-order valence-corrected chi connectivity index (χ3v) is 3.99. The smallest absolute Gasteiger partial charge is 0.335 e. The number of pyridine rings is 1. The third kappa shape index (κ3) is 2.88. The molecule has 23 heavy (non-hydrogen) atoms. The van der Waals surface area contributed by atoms with Crippen molar-refractivity contribution in [3.8, 4) is 5.88 Å². The van der Waals surface area contributed by atoms with Crippen LogP contribution in [0.25, 0.3) is 0 Å². The summed E-state index contributed by atoms with van der Waals surface area (Å²) in [5.74, 6) is -0.991. The maximum Gasteiger partial charge on any atom is 0.335 e. The van der Waals surface area contributed by atoms with Crippen LogP contribution in [0.1, 0.15) is 44.3 Å². The number of hydrogen-bond donors (Lipinski definition) is 2. The van der Waals surface area contributed by atoms with Crippen LogP contribution in [0.5, 0.6) is 5.88 Å². The zero-order valence-electron chi connectivity index (χ0n) is 12.6. The summed E-state index contributed by atoms with van der Waals surface area (Å²) in [6.45, 7) is 0. The molecule has 1 amide bonds. The first-order valence-corrected chi connectivity index (χ1v) is 7.26. The topological polar surface area (TPSA) is 88.5 Å². The molecule has 3 rings (SSSR count). The highest BCUT2D eigenvalue weighted by molar-refractivity contribution is 5.96. The van der Waals surface area contributed by atoms with E-state index in [0.717, 1.165) is 24.0 Å². The van der Waals surface area contributed by atoms with Gasteiger partial charge >= 0.3 is 5.97 Å². The highest BCUT2D eigenvalue weighted by Crippen LogP contribution is 2.32. The lowest BCUT2D eigenvalue weighted by molar-refractivity contribution is 0.0696. The van der Waals surface area contributed by atoms with Crippen LogP contribution >= 0.6 is 0 Å². The first-order chi connectivity index (χ1) is 11.1. The van der Waals surface area contributed by atoms with Crippen molar-refractivity contribution in [3.63, 3.8) is 0 Å². The van der Waals surface area contributed by atoms with Crippen molar-refractivity contribution < 1.29 is 19.4 Å². The number of aromatic nitrogens is 1. The largest absolute Gasteiger partial charge is 0.480 e. The molecule has 0 spiro atoms. The Morgan fingerprint density at radius 3 is 2.91 bits per heavy atom. The molecule has 6 heteroatoms. The molecule has 1 aliphatic rings. The lowest BCUT2D eigenvalue weighted by atomic mass is 10.0. The fourth-order valence-corrected chi connectivity index (χ4v) is 2.85. The zero-order valence-corrected chi connectivity index (χ0v) is 12.6. The average Bonchev–Trinajstić information content (AvgIpc) is 2.96. The maximum absolute atomic E-state index is 12.5. The number of aryl methyl sites for hydroxylation is 1. The van der Waals surface area contributed by atoms with Gasteiger partial charge in [0.05, 0.1) is 18.7 Å². The van der Waals surface area contributed by atoms with Gasteiger partial charge in [0.2, 0.25) is 5.88 Å². The number of nitrogens with one attached hydrogen (secondary N) is 1. The van der Waals surface area contributed by atoms with Crippen molar-refractivity contribution in [2.24, 2.45) is 0 Å². The van der Waals surface area contributed by atoms with Gasteiger partial charge in [-0.25, -0.2) is 9.78 Å². The molecule has 0 fully saturated rings. The molecule has 0 saturated carbocycles. The van der Waals surface area contributed by atoms with E-state index in [9.17, 15) is 9.59 Å². The van der Waals surface area contributed by atoms with Crippen LogP contribution in [0, 0.1) is 0 Å². The van der Waals surface area contributed by atoms with Crippen LogP contribution in [0.4, 0.5) is 0 Å². The van der Waals surface area contributed by atoms with E-state index in [0.29, 0.717) is 5.56 Å². The summed E-state index contributed by atoms with van der Waals surface area (Å²) in [6, 6.07) is 8.15. The average molecular weight is 312 g/mol. The minimum atomic E-state index is -0.973. The van der Waals surface area contributed by atoms with Crippen molar-refractivity contribution >= 4 is 11.9 Å². The fraction of sp³-hybridized carbons (Fsp3) is 0.235. The molecule has 1 aromatic heterocycles. The number of benzene rings is 1. The normalized spacial score (nSPS) is 15.8. The van der Waals surface area contributed by atoms with E-state index in [1.807, 2.05) is 6.07 Å². The number of amides is 1. The lowest BCUT2D eigenvalue weighted by Crippen LogP contribution is -2.27. The Kier molecular flexibility index (Phi) is 3.97. The number of rotatable bonds is 4. The SMILES string of the molecule is COc1ncccc1C(=O)N[C@@H]1CCc2ccc(C(=O)O)cc21. The lowest BCUT2D eigenvalue weighted by Gasteiger charge is -2.15. The molecule has 0 unspecified atom stereocenters. The Labute approximate surface area is 133 Å². The first kappa shape index (κ1) is 15.0. The molecule has 0 bridgehead atoms. The predicted octanol–water partition coefficient (Wildman–Crippen LogP) is 2.21. The Bertz CT molecular complexity index is 773. The number of carbonyl (C=O) groups is 2. The number of carboxylic acids is 1. The number of fused-ring (bicyclic) bond motifs is 1. The minimum absolute atomic E-state index is 0.207. The summed E-state index contributed by atoms with van der Waals surface area (Å²) in [7, 11) is 1.46. The second-order valence-electron chi connectivity index (χ2n) is 5.34. The Morgan fingerprint density at radius 1 is 1.35 bits per heavy atom. The Balaban J connectivity index is 1.84. The molecule has 0 aliphatic heterocycles. The van der Waals surface area contributed by atoms with Gasteiger partial charge in [0.1, 0.15) is 5.56 Å². The number of carboxylic acid groups (broad SMARTS) is 1. The summed E-state index contributed by atoms with van der Waals surface area (Å²) >= 11 is 0. The zero-order chi connectivity index (χ0) is 16.4. The number of nitrogens with zero attached hydrogens (tertiary/aromatic N) is 1. The van der Waals surface area contributed by atoms with Gasteiger partial charge < -0.3 is 15.2 Å². The van der Waals surface area contributed by atoms with Gasteiger partial charge in [-0.1, -0.05) is 6.07 Å². The number of ether oxygens (including phenoxy) is 1. The molecule has 6 nitrogen and oxygen atoms in total. The standard InChI is InChI=1S/C17H16N2O4/c1-23-16-12(3-2-8-18-16)15(20)19-14-7-6-10-4-5-11(17(21)22)9-13(10)14/h2-5,8-9,14H,6-7H2,1H3,(H,19,20)(H,21,22)/t14-/m1/s1. The molecule has 118 valence electrons. The summed E-state index contributed by atoms with van der Waals surface area (Å²) < 4.78 is 5.10. The van der Waals surface area contributed by atoms with Crippen molar-refractivity contribution in [2.75, 3.05) is 7.11 Å². The predicted molar refractivity (Wildman–Crippen MR) is 82.7 cm³/mol. The van der Waals surface area contributed by atoms with Gasteiger partial charge in [0.25, 0.3) is 5.91 Å². The Morgan fingerprint density at radius 2 is 2.17 bits per heavy atom. The molecule has 1 aliphatic carbocycles. The summed E-state index contributed by atoms with van der Waals surface area (Å²) in [5, 5.41) is 12.1. The van der Waals surface area contributed by atoms with Crippen molar-refractivity contribution in [3.05, 3.63) is 58.8 Å². The Hall–Kier alpha value is -2.89. The molecular weight excluding hydrogens is 296 g/mol. The highest BCUT2D eigenvalue weighted by Gasteiger charge is 2.26. The van der Waals surface area contributed by atoms with Crippen LogP contribution in [0.3, 0.4) is 0 Å². The summed E-state index contributed by atoms with van der Waals surface area (Å²) in [6.07, 6.45) is 3.11. The molecule has 0 saturated heterocycles. The van der Waals surface area contributed by atoms with Gasteiger partial charge in [0.15, 0.2) is 0 Å². The molecular formula is C17H16N2O4. The molecule has 2 N–H and O–H groups in total. The molecule has 1 heterocycles. The van der Waals surface area contributed by atoms with Gasteiger partial charge in [-0.2, -0.15) is 0 Å². The van der Waals surface area contributed by atoms with Gasteiger partial charge in [-0.05, 0) is 48.2 Å². The number of methoxy groups -OCH3 is 1. The second kappa shape index (κ2) is 6.08. The van der Waals surface area contributed by atoms with Gasteiger partial charge in [0, 0.05) is 6.20 Å². The van der Waals surface area contributed by atoms with Crippen LogP contribution in [-0.2, 0) is 6.42 Å². The van der Waals surface area contributed by atoms with Crippen LogP contribution in [0.2, 0.25) is 0 Å². The third-order valence-electron chi connectivity index (χ3n) is 3.99. The number of carbonyl (C=O) groups excluding carboxylic acids is 1. The quantitative estimate of drug-likeness (QED) is 0.903. The van der Waals surface area contributed by atoms with E-state index in [1.54, 1.807) is 30.5 Å². The van der Waals surface area contributed by atoms with Crippen LogP contribution in [-0.4, -0.2) is 29.1 Å². The van der Waals surface area contributed by atoms with Crippen molar-refractivity contribution in [1.82, 2.24) is 10.3 Å². The molecule has 1 aromatic carbocycles.